The first-order chi connectivity index (χ1) is 18.2. The Morgan fingerprint density at radius 2 is 1.82 bits per heavy atom. The zero-order chi connectivity index (χ0) is 27.3. The van der Waals surface area contributed by atoms with Crippen molar-refractivity contribution in [2.24, 2.45) is 5.73 Å². The molecule has 2 aromatic rings. The maximum absolute atomic E-state index is 14.2. The van der Waals surface area contributed by atoms with E-state index in [1.165, 1.54) is 19.3 Å². The van der Waals surface area contributed by atoms with E-state index in [2.05, 4.69) is 29.4 Å². The molecule has 0 aliphatic carbocycles. The van der Waals surface area contributed by atoms with Crippen molar-refractivity contribution in [3.8, 4) is 0 Å². The van der Waals surface area contributed by atoms with Gasteiger partial charge in [-0.15, -0.1) is 0 Å². The molecule has 2 heterocycles. The number of nitrogens with two attached hydrogens (primary N) is 1. The number of unbranched alkanes of at least 4 members (excludes halogenated alkanes) is 2. The van der Waals surface area contributed by atoms with Gasteiger partial charge in [0.1, 0.15) is 5.84 Å². The average molecular weight is 521 g/mol. The van der Waals surface area contributed by atoms with Gasteiger partial charge in [-0.2, -0.15) is 0 Å². The molecule has 2 aromatic carbocycles. The smallest absolute Gasteiger partial charge is 0.317 e. The average Bonchev–Trinajstić information content (AvgIpc) is 2.90. The van der Waals surface area contributed by atoms with Gasteiger partial charge in [-0.05, 0) is 64.3 Å². The molecule has 0 radical (unpaired) electrons. The second-order valence-corrected chi connectivity index (χ2v) is 10.5. The van der Waals surface area contributed by atoms with Gasteiger partial charge < -0.3 is 21.1 Å². The molecule has 6 N–H and O–H groups in total. The number of nitrogens with one attached hydrogen (secondary N) is 3. The Balaban J connectivity index is 1.56. The Labute approximate surface area is 224 Å². The minimum absolute atomic E-state index is 0.127. The third kappa shape index (κ3) is 5.84. The summed E-state index contributed by atoms with van der Waals surface area (Å²) < 4.78 is 0. The SMILES string of the molecule is C[C@@H]1CCC[C@H](C)N1CCCCCN1C(=O)C(NCC(=O)O)(c2cccc(C(=N)N)c2)Nc2ccccc21. The van der Waals surface area contributed by atoms with E-state index in [0.717, 1.165) is 37.2 Å². The highest BCUT2D eigenvalue weighted by molar-refractivity contribution is 6.08. The van der Waals surface area contributed by atoms with Crippen molar-refractivity contribution in [1.82, 2.24) is 10.2 Å². The van der Waals surface area contributed by atoms with Crippen LogP contribution in [0.1, 0.15) is 63.5 Å². The Hall–Kier alpha value is -3.43. The van der Waals surface area contributed by atoms with Gasteiger partial charge in [0.25, 0.3) is 5.91 Å². The molecular formula is C29H40N6O3. The molecule has 1 unspecified atom stereocenters. The summed E-state index contributed by atoms with van der Waals surface area (Å²) in [6.45, 7) is 5.79. The Morgan fingerprint density at radius 3 is 2.53 bits per heavy atom. The normalized spacial score (nSPS) is 23.5. The monoisotopic (exact) mass is 520 g/mol. The number of hydrogen-bond acceptors (Lipinski definition) is 6. The van der Waals surface area contributed by atoms with Gasteiger partial charge in [0, 0.05) is 29.8 Å². The van der Waals surface area contributed by atoms with Crippen molar-refractivity contribution in [2.75, 3.05) is 29.9 Å². The number of carbonyl (C=O) groups excluding carboxylic acids is 1. The first-order valence-corrected chi connectivity index (χ1v) is 13.6. The molecule has 204 valence electrons. The van der Waals surface area contributed by atoms with Crippen molar-refractivity contribution in [1.29, 1.82) is 5.41 Å². The van der Waals surface area contributed by atoms with E-state index in [1.807, 2.05) is 24.3 Å². The number of anilines is 2. The topological polar surface area (TPSA) is 135 Å². The van der Waals surface area contributed by atoms with Crippen molar-refractivity contribution in [3.05, 3.63) is 59.7 Å². The molecule has 9 heteroatoms. The second-order valence-electron chi connectivity index (χ2n) is 10.5. The van der Waals surface area contributed by atoms with Crippen LogP contribution in [0.15, 0.2) is 48.5 Å². The van der Waals surface area contributed by atoms with Gasteiger partial charge in [-0.1, -0.05) is 43.2 Å². The number of hydrogen-bond donors (Lipinski definition) is 5. The van der Waals surface area contributed by atoms with Crippen LogP contribution in [0.2, 0.25) is 0 Å². The Kier molecular flexibility index (Phi) is 8.69. The first-order valence-electron chi connectivity index (χ1n) is 13.6. The number of nitrogens with zero attached hydrogens (tertiary/aromatic N) is 2. The summed E-state index contributed by atoms with van der Waals surface area (Å²) in [5.41, 5.74) is 6.68. The van der Waals surface area contributed by atoms with Gasteiger partial charge in [0.15, 0.2) is 5.66 Å². The van der Waals surface area contributed by atoms with Crippen molar-refractivity contribution >= 4 is 29.1 Å². The minimum atomic E-state index is -1.52. The molecule has 38 heavy (non-hydrogen) atoms. The predicted molar refractivity (Wildman–Crippen MR) is 151 cm³/mol. The van der Waals surface area contributed by atoms with Crippen molar-refractivity contribution in [2.45, 2.75) is 70.1 Å². The van der Waals surface area contributed by atoms with Gasteiger partial charge in [-0.25, -0.2) is 0 Å². The Bertz CT molecular complexity index is 1160. The summed E-state index contributed by atoms with van der Waals surface area (Å²) >= 11 is 0. The first kappa shape index (κ1) is 27.6. The molecule has 4 rings (SSSR count). The number of amides is 1. The van der Waals surface area contributed by atoms with Crippen LogP contribution < -0.4 is 21.3 Å². The van der Waals surface area contributed by atoms with Crippen LogP contribution in [0, 0.1) is 5.41 Å². The minimum Gasteiger partial charge on any atom is -0.480 e. The third-order valence-electron chi connectivity index (χ3n) is 7.87. The summed E-state index contributed by atoms with van der Waals surface area (Å²) in [5.74, 6) is -1.48. The van der Waals surface area contributed by atoms with E-state index in [1.54, 1.807) is 29.2 Å². The Morgan fingerprint density at radius 1 is 1.11 bits per heavy atom. The lowest BCUT2D eigenvalue weighted by Gasteiger charge is -2.44. The van der Waals surface area contributed by atoms with E-state index < -0.39 is 18.2 Å². The summed E-state index contributed by atoms with van der Waals surface area (Å²) in [6.07, 6.45) is 6.71. The van der Waals surface area contributed by atoms with Crippen LogP contribution in [0.4, 0.5) is 11.4 Å². The van der Waals surface area contributed by atoms with Crippen molar-refractivity contribution in [3.63, 3.8) is 0 Å². The molecule has 1 amide bonds. The van der Waals surface area contributed by atoms with E-state index in [4.69, 9.17) is 11.1 Å². The molecular weight excluding hydrogens is 480 g/mol. The fourth-order valence-electron chi connectivity index (χ4n) is 5.81. The fourth-order valence-corrected chi connectivity index (χ4v) is 5.81. The van der Waals surface area contributed by atoms with Crippen LogP contribution >= 0.6 is 0 Å². The lowest BCUT2D eigenvalue weighted by atomic mass is 9.91. The number of benzene rings is 2. The number of carboxylic acid groups (broad SMARTS) is 1. The molecule has 0 saturated carbocycles. The maximum Gasteiger partial charge on any atom is 0.317 e. The standard InChI is InChI=1S/C29H40N6O3/c1-20-10-8-11-21(2)34(20)16-6-3-7-17-35-25-15-5-4-14-24(25)33-29(28(35)38,32-19-26(36)37)23-13-9-12-22(18-23)27(30)31/h4-5,9,12-15,18,20-21,32-33H,3,6-8,10-11,16-17,19H2,1-2H3,(H3,30,31)(H,36,37)/t20-,21+,29?. The highest BCUT2D eigenvalue weighted by Gasteiger charge is 2.47. The third-order valence-corrected chi connectivity index (χ3v) is 7.87. The van der Waals surface area contributed by atoms with E-state index in [9.17, 15) is 14.7 Å². The number of likely N-dealkylation sites (tertiary alicyclic amines) is 1. The molecule has 0 aromatic heterocycles. The number of nitrogen functional groups attached to an aromatic ring is 1. The van der Waals surface area contributed by atoms with Crippen LogP contribution in [0.25, 0.3) is 0 Å². The van der Waals surface area contributed by atoms with Crippen LogP contribution in [0.5, 0.6) is 0 Å². The zero-order valence-corrected chi connectivity index (χ0v) is 22.4. The zero-order valence-electron chi connectivity index (χ0n) is 22.4. The molecule has 2 aliphatic rings. The summed E-state index contributed by atoms with van der Waals surface area (Å²) in [7, 11) is 0. The molecule has 1 fully saturated rings. The van der Waals surface area contributed by atoms with Gasteiger partial charge in [0.05, 0.1) is 17.9 Å². The summed E-state index contributed by atoms with van der Waals surface area (Å²) in [6, 6.07) is 15.6. The van der Waals surface area contributed by atoms with Crippen LogP contribution in [-0.2, 0) is 15.3 Å². The van der Waals surface area contributed by atoms with E-state index in [0.29, 0.717) is 29.8 Å². The molecule has 0 bridgehead atoms. The number of para-hydroxylation sites is 2. The molecule has 1 saturated heterocycles. The number of rotatable bonds is 11. The maximum atomic E-state index is 14.2. The van der Waals surface area contributed by atoms with Crippen LogP contribution in [0.3, 0.4) is 0 Å². The fraction of sp³-hybridized carbons (Fsp3) is 0.483. The van der Waals surface area contributed by atoms with Crippen molar-refractivity contribution < 1.29 is 14.7 Å². The second kappa shape index (κ2) is 12.0. The molecule has 0 spiro atoms. The summed E-state index contributed by atoms with van der Waals surface area (Å²) in [5, 5.41) is 23.6. The van der Waals surface area contributed by atoms with Gasteiger partial charge in [0.2, 0.25) is 0 Å². The number of aliphatic carboxylic acids is 1. The molecule has 9 nitrogen and oxygen atoms in total. The number of carbonyl (C=O) groups is 2. The molecule has 3 atom stereocenters. The predicted octanol–water partition coefficient (Wildman–Crippen LogP) is 3.69. The van der Waals surface area contributed by atoms with E-state index in [-0.39, 0.29) is 11.7 Å². The summed E-state index contributed by atoms with van der Waals surface area (Å²) in [4.78, 5) is 30.2. The van der Waals surface area contributed by atoms with Crippen LogP contribution in [-0.4, -0.2) is 59.4 Å². The number of fused-ring (bicyclic) bond motifs is 1. The highest BCUT2D eigenvalue weighted by Crippen LogP contribution is 2.39. The largest absolute Gasteiger partial charge is 0.480 e. The lowest BCUT2D eigenvalue weighted by Crippen LogP contribution is -2.64. The van der Waals surface area contributed by atoms with E-state index >= 15 is 0 Å². The van der Waals surface area contributed by atoms with Gasteiger partial charge >= 0.3 is 5.97 Å². The number of piperidine rings is 1. The lowest BCUT2D eigenvalue weighted by molar-refractivity contribution is -0.136. The number of carboxylic acids is 1. The quantitative estimate of drug-likeness (QED) is 0.173. The molecule has 2 aliphatic heterocycles. The highest BCUT2D eigenvalue weighted by atomic mass is 16.4. The number of amidine groups is 1. The van der Waals surface area contributed by atoms with Gasteiger partial charge in [-0.3, -0.25) is 25.2 Å².